The number of aliphatic hydroxyl groups is 1. The topological polar surface area (TPSA) is 92.0 Å². The fraction of sp³-hybridized carbons (Fsp3) is 0.280. The monoisotopic (exact) mass is 441 g/mol. The van der Waals surface area contributed by atoms with E-state index >= 15 is 0 Å². The van der Waals surface area contributed by atoms with E-state index in [1.54, 1.807) is 4.68 Å². The van der Waals surface area contributed by atoms with Crippen LogP contribution in [0.2, 0.25) is 0 Å². The van der Waals surface area contributed by atoms with E-state index in [-0.39, 0.29) is 6.61 Å². The molecular weight excluding hydrogens is 414 g/mol. The van der Waals surface area contributed by atoms with Gasteiger partial charge in [-0.1, -0.05) is 67.6 Å². The Balaban J connectivity index is 1.36. The number of anilines is 2. The Morgan fingerprint density at radius 2 is 1.91 bits per heavy atom. The van der Waals surface area contributed by atoms with Crippen LogP contribution < -0.4 is 10.2 Å². The van der Waals surface area contributed by atoms with Crippen LogP contribution in [0.4, 0.5) is 11.5 Å². The fourth-order valence-electron chi connectivity index (χ4n) is 4.10. The van der Waals surface area contributed by atoms with Gasteiger partial charge in [-0.25, -0.2) is 14.6 Å². The van der Waals surface area contributed by atoms with E-state index in [0.717, 1.165) is 40.7 Å². The minimum atomic E-state index is 0.0431. The molecule has 1 aliphatic heterocycles. The number of nitrogens with one attached hydrogen (secondary N) is 1. The lowest BCUT2D eigenvalue weighted by atomic mass is 9.97. The largest absolute Gasteiger partial charge is 0.394 e. The number of fused-ring (bicyclic) bond motifs is 1. The van der Waals surface area contributed by atoms with E-state index in [2.05, 4.69) is 81.8 Å². The summed E-state index contributed by atoms with van der Waals surface area (Å²) >= 11 is 0. The van der Waals surface area contributed by atoms with Crippen molar-refractivity contribution in [3.63, 3.8) is 0 Å². The second kappa shape index (κ2) is 8.99. The molecule has 0 spiro atoms. The quantitative estimate of drug-likeness (QED) is 0.449. The molecule has 0 radical (unpaired) electrons. The van der Waals surface area contributed by atoms with Crippen molar-refractivity contribution in [2.75, 3.05) is 23.5 Å². The first-order valence-electron chi connectivity index (χ1n) is 11.2. The summed E-state index contributed by atoms with van der Waals surface area (Å²) in [5, 5.41) is 20.7. The molecule has 4 aromatic rings. The third-order valence-corrected chi connectivity index (χ3v) is 5.84. The molecule has 0 amide bonds. The van der Waals surface area contributed by atoms with Crippen molar-refractivity contribution in [1.82, 2.24) is 25.0 Å². The van der Waals surface area contributed by atoms with Gasteiger partial charge in [-0.3, -0.25) is 0 Å². The lowest BCUT2D eigenvalue weighted by Crippen LogP contribution is -2.22. The average molecular weight is 442 g/mol. The van der Waals surface area contributed by atoms with Crippen molar-refractivity contribution >= 4 is 11.5 Å². The SMILES string of the molecule is CC(C)c1ccccc1-c1ncc2c(n1)N(Cc1ccc(-c3cn(CCO)nn3)cc1)CN2. The maximum Gasteiger partial charge on any atom is 0.161 e. The number of nitrogens with zero attached hydrogens (tertiary/aromatic N) is 6. The molecule has 0 aliphatic carbocycles. The van der Waals surface area contributed by atoms with Crippen LogP contribution in [0.1, 0.15) is 30.9 Å². The Morgan fingerprint density at radius 3 is 2.70 bits per heavy atom. The number of rotatable bonds is 7. The maximum absolute atomic E-state index is 9.05. The van der Waals surface area contributed by atoms with Crippen LogP contribution in [0.15, 0.2) is 60.9 Å². The third-order valence-electron chi connectivity index (χ3n) is 5.84. The predicted octanol–water partition coefficient (Wildman–Crippen LogP) is 3.91. The van der Waals surface area contributed by atoms with E-state index < -0.39 is 0 Å². The van der Waals surface area contributed by atoms with Crippen molar-refractivity contribution in [3.8, 4) is 22.6 Å². The highest BCUT2D eigenvalue weighted by Crippen LogP contribution is 2.34. The molecule has 0 saturated heterocycles. The van der Waals surface area contributed by atoms with Gasteiger partial charge in [0.2, 0.25) is 0 Å². The predicted molar refractivity (Wildman–Crippen MR) is 129 cm³/mol. The van der Waals surface area contributed by atoms with Crippen LogP contribution in [-0.2, 0) is 13.1 Å². The van der Waals surface area contributed by atoms with Gasteiger partial charge in [0.15, 0.2) is 11.6 Å². The van der Waals surface area contributed by atoms with Crippen molar-refractivity contribution in [2.45, 2.75) is 32.9 Å². The summed E-state index contributed by atoms with van der Waals surface area (Å²) < 4.78 is 1.64. The van der Waals surface area contributed by atoms with Gasteiger partial charge in [0.1, 0.15) is 5.69 Å². The van der Waals surface area contributed by atoms with E-state index in [9.17, 15) is 0 Å². The molecular formula is C25H27N7O. The molecule has 1 aliphatic rings. The summed E-state index contributed by atoms with van der Waals surface area (Å²) in [5.74, 6) is 2.08. The molecule has 8 nitrogen and oxygen atoms in total. The number of aromatic nitrogens is 5. The molecule has 33 heavy (non-hydrogen) atoms. The number of benzene rings is 2. The zero-order valence-electron chi connectivity index (χ0n) is 18.8. The third kappa shape index (κ3) is 4.29. The summed E-state index contributed by atoms with van der Waals surface area (Å²) in [4.78, 5) is 11.8. The van der Waals surface area contributed by atoms with Crippen molar-refractivity contribution in [1.29, 1.82) is 0 Å². The lowest BCUT2D eigenvalue weighted by molar-refractivity contribution is 0.268. The van der Waals surface area contributed by atoms with Crippen LogP contribution in [0.25, 0.3) is 22.6 Å². The van der Waals surface area contributed by atoms with Gasteiger partial charge in [0.05, 0.1) is 37.9 Å². The molecule has 0 atom stereocenters. The highest BCUT2D eigenvalue weighted by atomic mass is 16.3. The minimum absolute atomic E-state index is 0.0431. The van der Waals surface area contributed by atoms with E-state index in [1.807, 2.05) is 18.5 Å². The maximum atomic E-state index is 9.05. The highest BCUT2D eigenvalue weighted by Gasteiger charge is 2.22. The molecule has 5 rings (SSSR count). The second-order valence-corrected chi connectivity index (χ2v) is 8.49. The zero-order chi connectivity index (χ0) is 22.8. The molecule has 2 aromatic carbocycles. The Hall–Kier alpha value is -3.78. The Morgan fingerprint density at radius 1 is 1.09 bits per heavy atom. The number of aliphatic hydroxyl groups excluding tert-OH is 1. The first kappa shape index (κ1) is 21.1. The van der Waals surface area contributed by atoms with Crippen molar-refractivity contribution in [3.05, 3.63) is 72.1 Å². The molecule has 2 aromatic heterocycles. The summed E-state index contributed by atoms with van der Waals surface area (Å²) in [7, 11) is 0. The van der Waals surface area contributed by atoms with Crippen LogP contribution >= 0.6 is 0 Å². The first-order valence-corrected chi connectivity index (χ1v) is 11.2. The lowest BCUT2D eigenvalue weighted by Gasteiger charge is -2.18. The molecule has 2 N–H and O–H groups in total. The Bertz CT molecular complexity index is 1250. The molecule has 8 heteroatoms. The fourth-order valence-corrected chi connectivity index (χ4v) is 4.10. The zero-order valence-corrected chi connectivity index (χ0v) is 18.8. The Labute approximate surface area is 192 Å². The van der Waals surface area contributed by atoms with Gasteiger partial charge in [-0.2, -0.15) is 0 Å². The van der Waals surface area contributed by atoms with Gasteiger partial charge in [0.25, 0.3) is 0 Å². The molecule has 0 saturated carbocycles. The van der Waals surface area contributed by atoms with Gasteiger partial charge in [-0.15, -0.1) is 5.10 Å². The van der Waals surface area contributed by atoms with Crippen LogP contribution in [-0.4, -0.2) is 43.3 Å². The number of hydrogen-bond acceptors (Lipinski definition) is 7. The van der Waals surface area contributed by atoms with Gasteiger partial charge >= 0.3 is 0 Å². The Kier molecular flexibility index (Phi) is 5.75. The summed E-state index contributed by atoms with van der Waals surface area (Å²) in [6.45, 7) is 6.30. The highest BCUT2D eigenvalue weighted by molar-refractivity contribution is 5.73. The van der Waals surface area contributed by atoms with Gasteiger partial charge in [-0.05, 0) is 17.0 Å². The van der Waals surface area contributed by atoms with Crippen LogP contribution in [0.5, 0.6) is 0 Å². The molecule has 0 unspecified atom stereocenters. The summed E-state index contributed by atoms with van der Waals surface area (Å²) in [6.07, 6.45) is 3.73. The van der Waals surface area contributed by atoms with Crippen LogP contribution in [0, 0.1) is 0 Å². The minimum Gasteiger partial charge on any atom is -0.394 e. The standard InChI is InChI=1S/C25H27N7O/c1-17(2)20-5-3-4-6-21(20)24-26-13-22-25(28-24)31(16-27-22)14-18-7-9-19(10-8-18)23-15-32(11-12-33)30-29-23/h3-10,13,15,17,27,33H,11-12,14,16H2,1-2H3. The van der Waals surface area contributed by atoms with Crippen molar-refractivity contribution < 1.29 is 5.11 Å². The smallest absolute Gasteiger partial charge is 0.161 e. The first-order chi connectivity index (χ1) is 16.1. The summed E-state index contributed by atoms with van der Waals surface area (Å²) in [6, 6.07) is 16.7. The second-order valence-electron chi connectivity index (χ2n) is 8.49. The van der Waals surface area contributed by atoms with Crippen LogP contribution in [0.3, 0.4) is 0 Å². The van der Waals surface area contributed by atoms with Crippen molar-refractivity contribution in [2.24, 2.45) is 0 Å². The molecule has 0 fully saturated rings. The van der Waals surface area contributed by atoms with E-state index in [0.29, 0.717) is 19.1 Å². The van der Waals surface area contributed by atoms with Gasteiger partial charge in [0, 0.05) is 17.7 Å². The summed E-state index contributed by atoms with van der Waals surface area (Å²) in [5.41, 5.74) is 6.26. The van der Waals surface area contributed by atoms with E-state index in [4.69, 9.17) is 10.1 Å². The van der Waals surface area contributed by atoms with Gasteiger partial charge < -0.3 is 15.3 Å². The normalized spacial score (nSPS) is 12.8. The molecule has 168 valence electrons. The van der Waals surface area contributed by atoms with E-state index in [1.165, 1.54) is 11.1 Å². The molecule has 0 bridgehead atoms. The number of hydrogen-bond donors (Lipinski definition) is 2. The average Bonchev–Trinajstić information content (AvgIpc) is 3.47. The molecule has 3 heterocycles.